The molecular formula is C22H26O6. The number of phenols is 2. The van der Waals surface area contributed by atoms with E-state index in [1.165, 1.54) is 25.3 Å². The van der Waals surface area contributed by atoms with Crippen LogP contribution in [-0.4, -0.2) is 35.5 Å². The van der Waals surface area contributed by atoms with Gasteiger partial charge in [0.2, 0.25) is 0 Å². The molecule has 0 aliphatic carbocycles. The van der Waals surface area contributed by atoms with E-state index in [0.29, 0.717) is 17.7 Å². The molecule has 0 amide bonds. The van der Waals surface area contributed by atoms with E-state index in [-0.39, 0.29) is 18.1 Å². The van der Waals surface area contributed by atoms with Crippen molar-refractivity contribution in [3.05, 3.63) is 46.0 Å². The smallest absolute Gasteiger partial charge is 0.338 e. The Labute approximate surface area is 164 Å². The van der Waals surface area contributed by atoms with Gasteiger partial charge in [-0.3, -0.25) is 0 Å². The van der Waals surface area contributed by atoms with Crippen molar-refractivity contribution in [1.82, 2.24) is 0 Å². The molecule has 28 heavy (non-hydrogen) atoms. The maximum absolute atomic E-state index is 12.4. The summed E-state index contributed by atoms with van der Waals surface area (Å²) in [5.74, 6) is 0.747. The van der Waals surface area contributed by atoms with Crippen molar-refractivity contribution in [2.45, 2.75) is 46.1 Å². The van der Waals surface area contributed by atoms with Gasteiger partial charge in [0.1, 0.15) is 23.7 Å². The van der Waals surface area contributed by atoms with E-state index in [1.54, 1.807) is 0 Å². The largest absolute Gasteiger partial charge is 0.507 e. The maximum atomic E-state index is 12.4. The molecule has 2 N–H and O–H groups in total. The number of carbonyl (C=O) groups excluding carboxylic acids is 1. The van der Waals surface area contributed by atoms with Crippen LogP contribution in [-0.2, 0) is 11.2 Å². The van der Waals surface area contributed by atoms with Crippen LogP contribution in [0.15, 0.2) is 18.2 Å². The highest BCUT2D eigenvalue weighted by molar-refractivity contribution is 5.90. The van der Waals surface area contributed by atoms with Crippen LogP contribution in [0, 0.1) is 20.8 Å². The number of carbonyl (C=O) groups is 1. The molecule has 3 rings (SSSR count). The molecule has 0 aromatic heterocycles. The van der Waals surface area contributed by atoms with Gasteiger partial charge in [-0.2, -0.15) is 0 Å². The Bertz CT molecular complexity index is 933. The lowest BCUT2D eigenvalue weighted by Crippen LogP contribution is -2.42. The lowest BCUT2D eigenvalue weighted by molar-refractivity contribution is -0.0164. The molecule has 2 aromatic carbocycles. The van der Waals surface area contributed by atoms with Crippen molar-refractivity contribution in [3.8, 4) is 23.0 Å². The summed E-state index contributed by atoms with van der Waals surface area (Å²) in [7, 11) is 1.42. The van der Waals surface area contributed by atoms with Gasteiger partial charge in [-0.25, -0.2) is 4.79 Å². The van der Waals surface area contributed by atoms with E-state index >= 15 is 0 Å². The maximum Gasteiger partial charge on any atom is 0.338 e. The summed E-state index contributed by atoms with van der Waals surface area (Å²) in [5, 5.41) is 19.9. The van der Waals surface area contributed by atoms with Crippen molar-refractivity contribution in [1.29, 1.82) is 0 Å². The quantitative estimate of drug-likeness (QED) is 0.774. The SMILES string of the molecule is COc1cc(C(=O)OCC2(C)CCc3c(C)c(O)c(C)c(C)c3O2)ccc1O. The molecule has 1 aliphatic heterocycles. The zero-order chi connectivity index (χ0) is 20.6. The van der Waals surface area contributed by atoms with Gasteiger partial charge in [0, 0.05) is 5.56 Å². The van der Waals surface area contributed by atoms with Crippen LogP contribution in [0.3, 0.4) is 0 Å². The lowest BCUT2D eigenvalue weighted by atomic mass is 9.87. The fourth-order valence-corrected chi connectivity index (χ4v) is 3.50. The highest BCUT2D eigenvalue weighted by Crippen LogP contribution is 2.43. The molecule has 6 heteroatoms. The molecule has 2 aromatic rings. The second kappa shape index (κ2) is 7.26. The summed E-state index contributed by atoms with van der Waals surface area (Å²) in [6.07, 6.45) is 1.39. The first kappa shape index (κ1) is 19.9. The van der Waals surface area contributed by atoms with Gasteiger partial charge in [0.05, 0.1) is 12.7 Å². The molecule has 6 nitrogen and oxygen atoms in total. The fourth-order valence-electron chi connectivity index (χ4n) is 3.50. The fraction of sp³-hybridized carbons (Fsp3) is 0.409. The zero-order valence-corrected chi connectivity index (χ0v) is 16.9. The second-order valence-electron chi connectivity index (χ2n) is 7.55. The van der Waals surface area contributed by atoms with E-state index in [4.69, 9.17) is 14.2 Å². The predicted molar refractivity (Wildman–Crippen MR) is 105 cm³/mol. The number of phenolic OH excluding ortho intramolecular Hbond substituents is 2. The van der Waals surface area contributed by atoms with Gasteiger partial charge in [0.25, 0.3) is 0 Å². The molecule has 1 atom stereocenters. The Balaban J connectivity index is 1.77. The van der Waals surface area contributed by atoms with Crippen LogP contribution >= 0.6 is 0 Å². The number of methoxy groups -OCH3 is 1. The highest BCUT2D eigenvalue weighted by Gasteiger charge is 2.36. The number of ether oxygens (including phenoxy) is 3. The van der Waals surface area contributed by atoms with Gasteiger partial charge in [0.15, 0.2) is 11.5 Å². The number of aromatic hydroxyl groups is 2. The summed E-state index contributed by atoms with van der Waals surface area (Å²) < 4.78 is 16.8. The summed E-state index contributed by atoms with van der Waals surface area (Å²) in [4.78, 5) is 12.4. The van der Waals surface area contributed by atoms with E-state index in [2.05, 4.69) is 0 Å². The Hall–Kier alpha value is -2.89. The third-order valence-electron chi connectivity index (χ3n) is 5.52. The van der Waals surface area contributed by atoms with Crippen LogP contribution in [0.2, 0.25) is 0 Å². The minimum atomic E-state index is -0.662. The van der Waals surface area contributed by atoms with E-state index < -0.39 is 11.6 Å². The Morgan fingerprint density at radius 1 is 1.18 bits per heavy atom. The molecular weight excluding hydrogens is 360 g/mol. The Kier molecular flexibility index (Phi) is 5.15. The molecule has 0 bridgehead atoms. The van der Waals surface area contributed by atoms with Crippen LogP contribution < -0.4 is 9.47 Å². The van der Waals surface area contributed by atoms with Crippen molar-refractivity contribution in [2.24, 2.45) is 0 Å². The average molecular weight is 386 g/mol. The summed E-state index contributed by atoms with van der Waals surface area (Å²) >= 11 is 0. The molecule has 0 fully saturated rings. The van der Waals surface area contributed by atoms with Crippen molar-refractivity contribution < 1.29 is 29.2 Å². The number of fused-ring (bicyclic) bond motifs is 1. The monoisotopic (exact) mass is 386 g/mol. The van der Waals surface area contributed by atoms with Crippen LogP contribution in [0.5, 0.6) is 23.0 Å². The van der Waals surface area contributed by atoms with Crippen LogP contribution in [0.25, 0.3) is 0 Å². The molecule has 0 spiro atoms. The van der Waals surface area contributed by atoms with E-state index in [9.17, 15) is 15.0 Å². The normalized spacial score (nSPS) is 18.2. The Morgan fingerprint density at radius 2 is 1.89 bits per heavy atom. The molecule has 0 radical (unpaired) electrons. The highest BCUT2D eigenvalue weighted by atomic mass is 16.6. The minimum absolute atomic E-state index is 0.0392. The number of hydrogen-bond acceptors (Lipinski definition) is 6. The van der Waals surface area contributed by atoms with E-state index in [1.807, 2.05) is 27.7 Å². The van der Waals surface area contributed by atoms with E-state index in [0.717, 1.165) is 34.4 Å². The summed E-state index contributed by atoms with van der Waals surface area (Å²) in [5.41, 5.74) is 3.18. The number of benzene rings is 2. The van der Waals surface area contributed by atoms with Crippen molar-refractivity contribution >= 4 is 5.97 Å². The van der Waals surface area contributed by atoms with Gasteiger partial charge >= 0.3 is 5.97 Å². The molecule has 150 valence electrons. The molecule has 1 aliphatic rings. The van der Waals surface area contributed by atoms with Crippen LogP contribution in [0.4, 0.5) is 0 Å². The van der Waals surface area contributed by atoms with Gasteiger partial charge < -0.3 is 24.4 Å². The van der Waals surface area contributed by atoms with Crippen molar-refractivity contribution in [2.75, 3.05) is 13.7 Å². The molecule has 0 saturated carbocycles. The molecule has 1 unspecified atom stereocenters. The number of rotatable bonds is 4. The van der Waals surface area contributed by atoms with Gasteiger partial charge in [-0.1, -0.05) is 0 Å². The first-order valence-electron chi connectivity index (χ1n) is 9.21. The molecule has 1 heterocycles. The summed E-state index contributed by atoms with van der Waals surface area (Å²) in [6, 6.07) is 4.32. The number of hydrogen-bond donors (Lipinski definition) is 2. The summed E-state index contributed by atoms with van der Waals surface area (Å²) in [6.45, 7) is 7.69. The topological polar surface area (TPSA) is 85.2 Å². The first-order chi connectivity index (χ1) is 13.2. The standard InChI is InChI=1S/C22H26O6/c1-12-13(2)20-16(14(3)19(12)24)8-9-22(4,28-20)11-27-21(25)15-6-7-17(23)18(10-15)26-5/h6-7,10,23-24H,8-9,11H2,1-5H3. The van der Waals surface area contributed by atoms with Gasteiger partial charge in [-0.05, 0) is 75.4 Å². The molecule has 0 saturated heterocycles. The third kappa shape index (κ3) is 3.46. The lowest BCUT2D eigenvalue weighted by Gasteiger charge is -2.37. The second-order valence-corrected chi connectivity index (χ2v) is 7.55. The van der Waals surface area contributed by atoms with Gasteiger partial charge in [-0.15, -0.1) is 0 Å². The first-order valence-corrected chi connectivity index (χ1v) is 9.21. The minimum Gasteiger partial charge on any atom is -0.507 e. The predicted octanol–water partition coefficient (Wildman–Crippen LogP) is 3.97. The average Bonchev–Trinajstić information content (AvgIpc) is 2.69. The Morgan fingerprint density at radius 3 is 2.57 bits per heavy atom. The zero-order valence-electron chi connectivity index (χ0n) is 16.9. The number of esters is 1. The van der Waals surface area contributed by atoms with Crippen molar-refractivity contribution in [3.63, 3.8) is 0 Å². The van der Waals surface area contributed by atoms with Crippen LogP contribution in [0.1, 0.15) is 46.0 Å². The third-order valence-corrected chi connectivity index (χ3v) is 5.52.